The first kappa shape index (κ1) is 12.0. The van der Waals surface area contributed by atoms with Gasteiger partial charge in [-0.1, -0.05) is 25.9 Å². The van der Waals surface area contributed by atoms with Crippen molar-refractivity contribution in [3.8, 4) is 0 Å². The Morgan fingerprint density at radius 1 is 1.27 bits per heavy atom. The Balaban J connectivity index is 2.95. The average Bonchev–Trinajstić information content (AvgIpc) is 2.47. The maximum atomic E-state index is 12.1. The van der Waals surface area contributed by atoms with Crippen molar-refractivity contribution in [2.45, 2.75) is 33.0 Å². The third-order valence-corrected chi connectivity index (χ3v) is 1.89. The topological polar surface area (TPSA) is 64.9 Å². The van der Waals surface area contributed by atoms with Crippen LogP contribution >= 0.6 is 0 Å². The number of rotatable bonds is 1. The Bertz CT molecular complexity index is 340. The van der Waals surface area contributed by atoms with E-state index in [-0.39, 0.29) is 5.89 Å². The molecule has 1 heterocycles. The first-order valence-corrected chi connectivity index (χ1v) is 4.29. The highest BCUT2D eigenvalue weighted by Crippen LogP contribution is 2.32. The second kappa shape index (κ2) is 3.48. The van der Waals surface area contributed by atoms with Crippen LogP contribution in [-0.4, -0.2) is 10.1 Å². The molecular weight excluding hydrogens is 211 g/mol. The van der Waals surface area contributed by atoms with Crippen LogP contribution in [0.15, 0.2) is 4.52 Å². The molecule has 0 aliphatic heterocycles. The third-order valence-electron chi connectivity index (χ3n) is 1.89. The molecule has 15 heavy (non-hydrogen) atoms. The van der Waals surface area contributed by atoms with Gasteiger partial charge in [-0.05, 0) is 5.41 Å². The number of alkyl halides is 3. The van der Waals surface area contributed by atoms with Crippen molar-refractivity contribution in [3.63, 3.8) is 0 Å². The minimum Gasteiger partial charge on any atom is -0.337 e. The summed E-state index contributed by atoms with van der Waals surface area (Å²) in [6, 6.07) is -0.721. The van der Waals surface area contributed by atoms with Gasteiger partial charge < -0.3 is 10.3 Å². The van der Waals surface area contributed by atoms with E-state index in [4.69, 9.17) is 5.73 Å². The Morgan fingerprint density at radius 2 is 1.80 bits per heavy atom. The monoisotopic (exact) mass is 223 g/mol. The maximum absolute atomic E-state index is 12.1. The van der Waals surface area contributed by atoms with Crippen LogP contribution in [0.3, 0.4) is 0 Å². The van der Waals surface area contributed by atoms with Gasteiger partial charge in [0.2, 0.25) is 5.89 Å². The summed E-state index contributed by atoms with van der Waals surface area (Å²) in [5.41, 5.74) is 5.23. The van der Waals surface area contributed by atoms with Crippen LogP contribution in [0.2, 0.25) is 0 Å². The van der Waals surface area contributed by atoms with E-state index >= 15 is 0 Å². The van der Waals surface area contributed by atoms with Crippen LogP contribution in [0.5, 0.6) is 0 Å². The standard InChI is InChI=1S/C8H12F3N3O/c1-7(2,3)4(12)5-13-6(14-15-5)8(9,10)11/h4H,12H2,1-3H3/t4-/m1/s1. The Morgan fingerprint density at radius 3 is 2.13 bits per heavy atom. The fraction of sp³-hybridized carbons (Fsp3) is 0.750. The van der Waals surface area contributed by atoms with Crippen molar-refractivity contribution in [1.29, 1.82) is 0 Å². The zero-order chi connectivity index (χ0) is 11.9. The quantitative estimate of drug-likeness (QED) is 0.792. The van der Waals surface area contributed by atoms with Crippen molar-refractivity contribution < 1.29 is 17.7 Å². The summed E-state index contributed by atoms with van der Waals surface area (Å²) in [5, 5.41) is 2.83. The third kappa shape index (κ3) is 2.68. The van der Waals surface area contributed by atoms with Gasteiger partial charge in [0.25, 0.3) is 5.82 Å². The molecule has 0 saturated heterocycles. The summed E-state index contributed by atoms with van der Waals surface area (Å²) in [6.45, 7) is 5.32. The van der Waals surface area contributed by atoms with Gasteiger partial charge >= 0.3 is 6.18 Å². The minimum atomic E-state index is -4.60. The molecule has 0 amide bonds. The molecule has 0 aliphatic carbocycles. The number of hydrogen-bond acceptors (Lipinski definition) is 4. The summed E-state index contributed by atoms with van der Waals surface area (Å²) in [5.74, 6) is -1.49. The van der Waals surface area contributed by atoms with E-state index in [1.54, 1.807) is 20.8 Å². The molecule has 0 radical (unpaired) electrons. The van der Waals surface area contributed by atoms with Gasteiger partial charge in [0.1, 0.15) is 0 Å². The molecule has 4 nitrogen and oxygen atoms in total. The molecule has 0 aromatic carbocycles. The number of nitrogens with two attached hydrogens (primary N) is 1. The van der Waals surface area contributed by atoms with Crippen LogP contribution in [0.4, 0.5) is 13.2 Å². The van der Waals surface area contributed by atoms with Gasteiger partial charge in [0, 0.05) is 0 Å². The second-order valence-corrected chi connectivity index (χ2v) is 4.30. The van der Waals surface area contributed by atoms with Crippen LogP contribution in [0, 0.1) is 5.41 Å². The zero-order valence-corrected chi connectivity index (χ0v) is 8.59. The average molecular weight is 223 g/mol. The first-order chi connectivity index (χ1) is 6.62. The molecule has 0 spiro atoms. The van der Waals surface area contributed by atoms with Crippen molar-refractivity contribution in [2.75, 3.05) is 0 Å². The predicted molar refractivity (Wildman–Crippen MR) is 45.7 cm³/mol. The molecule has 0 fully saturated rings. The fourth-order valence-corrected chi connectivity index (χ4v) is 0.847. The molecular formula is C8H12F3N3O. The highest BCUT2D eigenvalue weighted by molar-refractivity contribution is 4.98. The maximum Gasteiger partial charge on any atom is 0.455 e. The normalized spacial score (nSPS) is 15.4. The highest BCUT2D eigenvalue weighted by Gasteiger charge is 2.39. The van der Waals surface area contributed by atoms with Gasteiger partial charge in [0.05, 0.1) is 6.04 Å². The minimum absolute atomic E-state index is 0.199. The second-order valence-electron chi connectivity index (χ2n) is 4.30. The van der Waals surface area contributed by atoms with Gasteiger partial charge in [-0.3, -0.25) is 0 Å². The largest absolute Gasteiger partial charge is 0.455 e. The van der Waals surface area contributed by atoms with E-state index in [1.807, 2.05) is 0 Å². The number of nitrogens with zero attached hydrogens (tertiary/aromatic N) is 2. The van der Waals surface area contributed by atoms with Crippen LogP contribution < -0.4 is 5.73 Å². The van der Waals surface area contributed by atoms with E-state index in [2.05, 4.69) is 14.7 Å². The van der Waals surface area contributed by atoms with Crippen LogP contribution in [-0.2, 0) is 6.18 Å². The number of halogens is 3. The summed E-state index contributed by atoms with van der Waals surface area (Å²) in [4.78, 5) is 3.22. The molecule has 7 heteroatoms. The Hall–Kier alpha value is -1.11. The molecule has 0 saturated carbocycles. The smallest absolute Gasteiger partial charge is 0.337 e. The van der Waals surface area contributed by atoms with Crippen LogP contribution in [0.1, 0.15) is 38.5 Å². The lowest BCUT2D eigenvalue weighted by atomic mass is 9.87. The zero-order valence-electron chi connectivity index (χ0n) is 8.59. The lowest BCUT2D eigenvalue weighted by molar-refractivity contribution is -0.146. The molecule has 86 valence electrons. The van der Waals surface area contributed by atoms with E-state index < -0.39 is 23.5 Å². The molecule has 0 unspecified atom stereocenters. The van der Waals surface area contributed by atoms with Crippen molar-refractivity contribution >= 4 is 0 Å². The Kier molecular flexibility index (Phi) is 2.77. The lowest BCUT2D eigenvalue weighted by Gasteiger charge is -2.23. The van der Waals surface area contributed by atoms with Gasteiger partial charge in [-0.25, -0.2) is 0 Å². The summed E-state index contributed by atoms with van der Waals surface area (Å²) >= 11 is 0. The van der Waals surface area contributed by atoms with Crippen molar-refractivity contribution in [2.24, 2.45) is 11.1 Å². The highest BCUT2D eigenvalue weighted by atomic mass is 19.4. The molecule has 1 aromatic heterocycles. The summed E-state index contributed by atoms with van der Waals surface area (Å²) < 4.78 is 40.9. The van der Waals surface area contributed by atoms with Crippen LogP contribution in [0.25, 0.3) is 0 Å². The van der Waals surface area contributed by atoms with Crippen molar-refractivity contribution in [1.82, 2.24) is 10.1 Å². The number of hydrogen-bond donors (Lipinski definition) is 1. The van der Waals surface area contributed by atoms with Gasteiger partial charge in [-0.15, -0.1) is 0 Å². The molecule has 2 N–H and O–H groups in total. The molecule has 1 rings (SSSR count). The van der Waals surface area contributed by atoms with E-state index in [0.717, 1.165) is 0 Å². The molecule has 0 bridgehead atoms. The Labute approximate surface area is 84.6 Å². The van der Waals surface area contributed by atoms with E-state index in [0.29, 0.717) is 0 Å². The molecule has 1 aromatic rings. The van der Waals surface area contributed by atoms with Gasteiger partial charge in [0.15, 0.2) is 0 Å². The summed E-state index contributed by atoms with van der Waals surface area (Å²) in [7, 11) is 0. The SMILES string of the molecule is CC(C)(C)[C@H](N)c1nc(C(F)(F)F)no1. The lowest BCUT2D eigenvalue weighted by Crippen LogP contribution is -2.26. The predicted octanol–water partition coefficient (Wildman–Crippen LogP) is 2.13. The molecule has 0 aliphatic rings. The number of aromatic nitrogens is 2. The van der Waals surface area contributed by atoms with Crippen molar-refractivity contribution in [3.05, 3.63) is 11.7 Å². The van der Waals surface area contributed by atoms with E-state index in [1.165, 1.54) is 0 Å². The summed E-state index contributed by atoms with van der Waals surface area (Å²) in [6.07, 6.45) is -4.60. The molecule has 1 atom stereocenters. The van der Waals surface area contributed by atoms with E-state index in [9.17, 15) is 13.2 Å². The van der Waals surface area contributed by atoms with Gasteiger partial charge in [-0.2, -0.15) is 18.2 Å². The fourth-order valence-electron chi connectivity index (χ4n) is 0.847. The first-order valence-electron chi connectivity index (χ1n) is 4.29.